The van der Waals surface area contributed by atoms with Crippen molar-refractivity contribution in [2.45, 2.75) is 19.0 Å². The molecular weight excluding hydrogens is 344 g/mol. The highest BCUT2D eigenvalue weighted by molar-refractivity contribution is 7.99. The minimum absolute atomic E-state index is 0.0466. The first kappa shape index (κ1) is 18.2. The fourth-order valence-electron chi connectivity index (χ4n) is 2.44. The van der Waals surface area contributed by atoms with E-state index in [1.165, 1.54) is 22.9 Å². The van der Waals surface area contributed by atoms with Crippen LogP contribution in [0.2, 0.25) is 0 Å². The molecule has 0 spiro atoms. The first-order valence-corrected chi connectivity index (χ1v) is 9.36. The van der Waals surface area contributed by atoms with E-state index >= 15 is 0 Å². The van der Waals surface area contributed by atoms with Gasteiger partial charge in [0.1, 0.15) is 0 Å². The second kappa shape index (κ2) is 7.74. The van der Waals surface area contributed by atoms with Crippen molar-refractivity contribution in [3.8, 4) is 17.1 Å². The molecular formula is C20H22N4OS. The minimum Gasteiger partial charge on any atom is -0.348 e. The van der Waals surface area contributed by atoms with Crippen molar-refractivity contribution < 1.29 is 4.79 Å². The third-order valence-corrected chi connectivity index (χ3v) is 4.97. The third kappa shape index (κ3) is 3.96. The number of carbonyl (C=O) groups excluding carboxylic acids is 1. The number of carbonyl (C=O) groups is 1. The van der Waals surface area contributed by atoms with Crippen molar-refractivity contribution in [1.29, 1.82) is 0 Å². The van der Waals surface area contributed by atoms with Gasteiger partial charge in [0, 0.05) is 25.3 Å². The van der Waals surface area contributed by atoms with Crippen LogP contribution in [0.25, 0.3) is 17.1 Å². The minimum atomic E-state index is 0.0466. The number of rotatable bonds is 5. The highest BCUT2D eigenvalue weighted by atomic mass is 32.2. The molecule has 0 atom stereocenters. The van der Waals surface area contributed by atoms with E-state index in [2.05, 4.69) is 48.3 Å². The van der Waals surface area contributed by atoms with Crippen LogP contribution in [0, 0.1) is 13.8 Å². The van der Waals surface area contributed by atoms with Gasteiger partial charge in [-0.05, 0) is 26.0 Å². The molecule has 1 heterocycles. The molecule has 0 bridgehead atoms. The smallest absolute Gasteiger partial charge is 0.232 e. The van der Waals surface area contributed by atoms with Gasteiger partial charge in [-0.25, -0.2) is 0 Å². The zero-order valence-corrected chi connectivity index (χ0v) is 16.2. The fraction of sp³-hybridized carbons (Fsp3) is 0.250. The van der Waals surface area contributed by atoms with Gasteiger partial charge >= 0.3 is 0 Å². The summed E-state index contributed by atoms with van der Waals surface area (Å²) in [5, 5.41) is 9.46. The van der Waals surface area contributed by atoms with Gasteiger partial charge in [0.15, 0.2) is 11.0 Å². The number of benzene rings is 2. The molecule has 26 heavy (non-hydrogen) atoms. The Balaban J connectivity index is 2.03. The van der Waals surface area contributed by atoms with E-state index in [1.54, 1.807) is 19.0 Å². The maximum Gasteiger partial charge on any atom is 0.232 e. The molecule has 0 unspecified atom stereocenters. The van der Waals surface area contributed by atoms with Crippen molar-refractivity contribution in [3.05, 3.63) is 59.7 Å². The summed E-state index contributed by atoms with van der Waals surface area (Å²) in [6, 6.07) is 16.4. The molecule has 0 fully saturated rings. The Hall–Kier alpha value is -2.60. The van der Waals surface area contributed by atoms with Crippen molar-refractivity contribution in [1.82, 2.24) is 19.7 Å². The van der Waals surface area contributed by atoms with Crippen LogP contribution in [-0.2, 0) is 4.79 Å². The van der Waals surface area contributed by atoms with E-state index in [0.29, 0.717) is 10.9 Å². The lowest BCUT2D eigenvalue weighted by Crippen LogP contribution is -2.23. The third-order valence-electron chi connectivity index (χ3n) is 4.06. The molecule has 6 heteroatoms. The average molecular weight is 366 g/mol. The van der Waals surface area contributed by atoms with Gasteiger partial charge in [0.05, 0.1) is 5.75 Å². The molecule has 0 aliphatic carbocycles. The topological polar surface area (TPSA) is 51.0 Å². The lowest BCUT2D eigenvalue weighted by Gasteiger charge is -2.12. The standard InChI is InChI=1S/C20H22N4OS/c1-14-5-9-16(10-6-14)19-21-22-20(26-13-18(25)23(3)4)24(19)17-11-7-15(2)8-12-17/h5-12H,13H2,1-4H3. The summed E-state index contributed by atoms with van der Waals surface area (Å²) < 4.78 is 2.01. The normalized spacial score (nSPS) is 10.8. The molecule has 0 aliphatic rings. The molecule has 5 nitrogen and oxygen atoms in total. The van der Waals surface area contributed by atoms with Gasteiger partial charge < -0.3 is 4.90 Å². The maximum absolute atomic E-state index is 12.0. The highest BCUT2D eigenvalue weighted by Crippen LogP contribution is 2.28. The Morgan fingerprint density at radius 3 is 2.12 bits per heavy atom. The summed E-state index contributed by atoms with van der Waals surface area (Å²) in [7, 11) is 3.51. The van der Waals surface area contributed by atoms with Gasteiger partial charge in [0.25, 0.3) is 0 Å². The van der Waals surface area contributed by atoms with E-state index in [9.17, 15) is 4.79 Å². The van der Waals surface area contributed by atoms with Crippen LogP contribution >= 0.6 is 11.8 Å². The summed E-state index contributed by atoms with van der Waals surface area (Å²) in [6.07, 6.45) is 0. The van der Waals surface area contributed by atoms with Crippen LogP contribution in [0.3, 0.4) is 0 Å². The van der Waals surface area contributed by atoms with Crippen molar-refractivity contribution >= 4 is 17.7 Å². The summed E-state index contributed by atoms with van der Waals surface area (Å²) >= 11 is 1.40. The molecule has 2 aromatic carbocycles. The molecule has 3 rings (SSSR count). The maximum atomic E-state index is 12.0. The van der Waals surface area contributed by atoms with E-state index in [1.807, 2.05) is 28.8 Å². The molecule has 0 saturated carbocycles. The van der Waals surface area contributed by atoms with Gasteiger partial charge in [-0.2, -0.15) is 0 Å². The summed E-state index contributed by atoms with van der Waals surface area (Å²) in [5.74, 6) is 1.14. The van der Waals surface area contributed by atoms with Gasteiger partial charge in [-0.1, -0.05) is 59.3 Å². The summed E-state index contributed by atoms with van der Waals surface area (Å²) in [4.78, 5) is 13.6. The Kier molecular flexibility index (Phi) is 5.42. The van der Waals surface area contributed by atoms with E-state index < -0.39 is 0 Å². The number of aryl methyl sites for hydroxylation is 2. The zero-order valence-electron chi connectivity index (χ0n) is 15.4. The molecule has 0 saturated heterocycles. The molecule has 0 radical (unpaired) electrons. The molecule has 1 aromatic heterocycles. The number of aromatic nitrogens is 3. The van der Waals surface area contributed by atoms with Crippen LogP contribution in [0.1, 0.15) is 11.1 Å². The monoisotopic (exact) mass is 366 g/mol. The van der Waals surface area contributed by atoms with Crippen LogP contribution in [-0.4, -0.2) is 45.4 Å². The Morgan fingerprint density at radius 2 is 1.54 bits per heavy atom. The molecule has 0 N–H and O–H groups in total. The number of hydrogen-bond donors (Lipinski definition) is 0. The van der Waals surface area contributed by atoms with Crippen molar-refractivity contribution in [2.75, 3.05) is 19.8 Å². The molecule has 3 aromatic rings. The largest absolute Gasteiger partial charge is 0.348 e. The van der Waals surface area contributed by atoms with Crippen LogP contribution in [0.4, 0.5) is 0 Å². The first-order valence-electron chi connectivity index (χ1n) is 8.38. The number of nitrogens with zero attached hydrogens (tertiary/aromatic N) is 4. The van der Waals surface area contributed by atoms with Crippen molar-refractivity contribution in [3.63, 3.8) is 0 Å². The Bertz CT molecular complexity index is 899. The van der Waals surface area contributed by atoms with Gasteiger partial charge in [0.2, 0.25) is 5.91 Å². The zero-order chi connectivity index (χ0) is 18.7. The predicted octanol–water partition coefficient (Wildman–Crippen LogP) is 3.73. The summed E-state index contributed by atoms with van der Waals surface area (Å²) in [5.41, 5.74) is 4.36. The van der Waals surface area contributed by atoms with E-state index in [0.717, 1.165) is 17.1 Å². The number of thioether (sulfide) groups is 1. The first-order chi connectivity index (χ1) is 12.5. The molecule has 1 amide bonds. The second-order valence-electron chi connectivity index (χ2n) is 6.42. The number of amides is 1. The van der Waals surface area contributed by atoms with E-state index in [4.69, 9.17) is 0 Å². The van der Waals surface area contributed by atoms with E-state index in [-0.39, 0.29) is 5.91 Å². The Labute approximate surface area is 158 Å². The predicted molar refractivity (Wildman–Crippen MR) is 106 cm³/mol. The Morgan fingerprint density at radius 1 is 0.962 bits per heavy atom. The van der Waals surface area contributed by atoms with Crippen LogP contribution in [0.5, 0.6) is 0 Å². The quantitative estimate of drug-likeness (QED) is 0.646. The van der Waals surface area contributed by atoms with Gasteiger partial charge in [-0.3, -0.25) is 9.36 Å². The SMILES string of the molecule is Cc1ccc(-c2nnc(SCC(=O)N(C)C)n2-c2ccc(C)cc2)cc1. The highest BCUT2D eigenvalue weighted by Gasteiger charge is 2.17. The fourth-order valence-corrected chi connectivity index (χ4v) is 3.37. The summed E-state index contributed by atoms with van der Waals surface area (Å²) in [6.45, 7) is 4.12. The average Bonchev–Trinajstić information content (AvgIpc) is 3.04. The lowest BCUT2D eigenvalue weighted by atomic mass is 10.1. The van der Waals surface area contributed by atoms with Gasteiger partial charge in [-0.15, -0.1) is 10.2 Å². The molecule has 134 valence electrons. The van der Waals surface area contributed by atoms with Crippen LogP contribution in [0.15, 0.2) is 53.7 Å². The van der Waals surface area contributed by atoms with Crippen molar-refractivity contribution in [2.24, 2.45) is 0 Å². The van der Waals surface area contributed by atoms with Crippen LogP contribution < -0.4 is 0 Å². The second-order valence-corrected chi connectivity index (χ2v) is 7.36. The molecule has 0 aliphatic heterocycles. The number of hydrogen-bond acceptors (Lipinski definition) is 4. The lowest BCUT2D eigenvalue weighted by molar-refractivity contribution is -0.125.